The van der Waals surface area contributed by atoms with E-state index in [9.17, 15) is 9.59 Å². The molecule has 8 heteroatoms. The molecule has 2 aromatic rings. The van der Waals surface area contributed by atoms with Crippen LogP contribution >= 0.6 is 11.8 Å². The highest BCUT2D eigenvalue weighted by Gasteiger charge is 2.20. The minimum Gasteiger partial charge on any atom is -0.351 e. The van der Waals surface area contributed by atoms with Crippen molar-refractivity contribution < 1.29 is 9.59 Å². The lowest BCUT2D eigenvalue weighted by Gasteiger charge is -2.11. The Morgan fingerprint density at radius 3 is 2.61 bits per heavy atom. The Morgan fingerprint density at radius 1 is 1.30 bits per heavy atom. The molecule has 0 fully saturated rings. The summed E-state index contributed by atoms with van der Waals surface area (Å²) in [6.07, 6.45) is 0.671. The van der Waals surface area contributed by atoms with Crippen LogP contribution in [0.25, 0.3) is 0 Å². The molecule has 2 rings (SSSR count). The Bertz CT molecular complexity index is 686. The SMILES string of the molecule is CCn1c(Cc2ccccc2)nnc1S[C@H](C)C(=O)NC(N)=O. The van der Waals surface area contributed by atoms with E-state index in [0.717, 1.165) is 11.4 Å². The molecule has 0 saturated heterocycles. The van der Waals surface area contributed by atoms with Gasteiger partial charge in [-0.3, -0.25) is 10.1 Å². The molecular weight excluding hydrogens is 314 g/mol. The lowest BCUT2D eigenvalue weighted by atomic mass is 10.1. The van der Waals surface area contributed by atoms with Gasteiger partial charge in [-0.1, -0.05) is 42.1 Å². The number of urea groups is 1. The molecule has 23 heavy (non-hydrogen) atoms. The Kier molecular flexibility index (Phi) is 5.75. The minimum atomic E-state index is -0.857. The summed E-state index contributed by atoms with van der Waals surface area (Å²) >= 11 is 1.25. The van der Waals surface area contributed by atoms with Crippen molar-refractivity contribution in [2.24, 2.45) is 5.73 Å². The minimum absolute atomic E-state index is 0.447. The van der Waals surface area contributed by atoms with Crippen molar-refractivity contribution in [3.63, 3.8) is 0 Å². The Balaban J connectivity index is 2.11. The van der Waals surface area contributed by atoms with Crippen LogP contribution in [-0.2, 0) is 17.8 Å². The third-order valence-corrected chi connectivity index (χ3v) is 4.29. The number of hydrogen-bond donors (Lipinski definition) is 2. The average molecular weight is 333 g/mol. The lowest BCUT2D eigenvalue weighted by Crippen LogP contribution is -2.39. The van der Waals surface area contributed by atoms with Crippen LogP contribution in [0, 0.1) is 0 Å². The number of imide groups is 1. The highest BCUT2D eigenvalue weighted by molar-refractivity contribution is 8.00. The van der Waals surface area contributed by atoms with Gasteiger partial charge in [0, 0.05) is 13.0 Å². The molecule has 1 atom stereocenters. The molecular formula is C15H19N5O2S. The van der Waals surface area contributed by atoms with E-state index >= 15 is 0 Å². The first kappa shape index (κ1) is 17.0. The number of nitrogens with zero attached hydrogens (tertiary/aromatic N) is 3. The topological polar surface area (TPSA) is 103 Å². The molecule has 3 N–H and O–H groups in total. The number of hydrogen-bond acceptors (Lipinski definition) is 5. The number of amides is 3. The standard InChI is InChI=1S/C15H19N5O2S/c1-3-20-12(9-11-7-5-4-6-8-11)18-19-15(20)23-10(2)13(21)17-14(16)22/h4-8,10H,3,9H2,1-2H3,(H3,16,17,21,22)/t10-/m1/s1. The van der Waals surface area contributed by atoms with Gasteiger partial charge in [0.05, 0.1) is 5.25 Å². The molecule has 0 aliphatic rings. The van der Waals surface area contributed by atoms with Gasteiger partial charge in [-0.2, -0.15) is 0 Å². The Morgan fingerprint density at radius 2 is 2.00 bits per heavy atom. The summed E-state index contributed by atoms with van der Waals surface area (Å²) in [6.45, 7) is 4.38. The largest absolute Gasteiger partial charge is 0.351 e. The fraction of sp³-hybridized carbons (Fsp3) is 0.333. The van der Waals surface area contributed by atoms with Crippen molar-refractivity contribution in [2.45, 2.75) is 37.2 Å². The van der Waals surface area contributed by atoms with Crippen LogP contribution in [0.3, 0.4) is 0 Å². The predicted octanol–water partition coefficient (Wildman–Crippen LogP) is 1.56. The normalized spacial score (nSPS) is 11.9. The zero-order valence-electron chi connectivity index (χ0n) is 13.0. The van der Waals surface area contributed by atoms with Crippen molar-refractivity contribution in [1.82, 2.24) is 20.1 Å². The second-order valence-electron chi connectivity index (χ2n) is 4.92. The summed E-state index contributed by atoms with van der Waals surface area (Å²) in [4.78, 5) is 22.5. The van der Waals surface area contributed by atoms with E-state index in [1.54, 1.807) is 6.92 Å². The number of primary amides is 1. The van der Waals surface area contributed by atoms with Gasteiger partial charge in [0.2, 0.25) is 5.91 Å². The fourth-order valence-electron chi connectivity index (χ4n) is 2.07. The molecule has 122 valence electrons. The van der Waals surface area contributed by atoms with Gasteiger partial charge in [0.25, 0.3) is 0 Å². The second-order valence-corrected chi connectivity index (χ2v) is 6.23. The van der Waals surface area contributed by atoms with Crippen molar-refractivity contribution in [1.29, 1.82) is 0 Å². The number of carbonyl (C=O) groups is 2. The summed E-state index contributed by atoms with van der Waals surface area (Å²) in [5.41, 5.74) is 6.10. The molecule has 0 bridgehead atoms. The molecule has 1 aromatic carbocycles. The maximum Gasteiger partial charge on any atom is 0.318 e. The van der Waals surface area contributed by atoms with Crippen LogP contribution in [0.5, 0.6) is 0 Å². The van der Waals surface area contributed by atoms with Gasteiger partial charge >= 0.3 is 6.03 Å². The molecule has 0 aliphatic heterocycles. The molecule has 0 aliphatic carbocycles. The predicted molar refractivity (Wildman–Crippen MR) is 88.0 cm³/mol. The summed E-state index contributed by atoms with van der Waals surface area (Å²) in [5, 5.41) is 10.6. The number of nitrogens with two attached hydrogens (primary N) is 1. The quantitative estimate of drug-likeness (QED) is 0.781. The Hall–Kier alpha value is -2.35. The molecule has 0 saturated carbocycles. The molecule has 7 nitrogen and oxygen atoms in total. The van der Waals surface area contributed by atoms with Crippen LogP contribution in [-0.4, -0.2) is 32.0 Å². The van der Waals surface area contributed by atoms with Gasteiger partial charge in [-0.15, -0.1) is 10.2 Å². The van der Waals surface area contributed by atoms with Gasteiger partial charge in [-0.05, 0) is 19.4 Å². The Labute approximate surface area is 138 Å². The molecule has 1 aromatic heterocycles. The molecule has 0 unspecified atom stereocenters. The highest BCUT2D eigenvalue weighted by atomic mass is 32.2. The van der Waals surface area contributed by atoms with E-state index in [4.69, 9.17) is 5.73 Å². The first-order valence-electron chi connectivity index (χ1n) is 7.24. The summed E-state index contributed by atoms with van der Waals surface area (Å²) in [7, 11) is 0. The van der Waals surface area contributed by atoms with Crippen LogP contribution < -0.4 is 11.1 Å². The molecule has 3 amide bonds. The monoisotopic (exact) mass is 333 g/mol. The average Bonchev–Trinajstić information content (AvgIpc) is 2.89. The second kappa shape index (κ2) is 7.77. The van der Waals surface area contributed by atoms with E-state index in [-0.39, 0.29) is 0 Å². The van der Waals surface area contributed by atoms with Crippen LogP contribution in [0.2, 0.25) is 0 Å². The summed E-state index contributed by atoms with van der Waals surface area (Å²) in [5.74, 6) is 0.390. The third-order valence-electron chi connectivity index (χ3n) is 3.21. The number of rotatable bonds is 6. The zero-order valence-corrected chi connectivity index (χ0v) is 13.8. The fourth-order valence-corrected chi connectivity index (χ4v) is 3.00. The number of benzene rings is 1. The molecule has 1 heterocycles. The van der Waals surface area contributed by atoms with Gasteiger partial charge in [-0.25, -0.2) is 4.79 Å². The highest BCUT2D eigenvalue weighted by Crippen LogP contribution is 2.23. The van der Waals surface area contributed by atoms with Crippen molar-refractivity contribution >= 4 is 23.7 Å². The van der Waals surface area contributed by atoms with E-state index in [0.29, 0.717) is 18.1 Å². The van der Waals surface area contributed by atoms with Crippen LogP contribution in [0.15, 0.2) is 35.5 Å². The smallest absolute Gasteiger partial charge is 0.318 e. The number of carbonyl (C=O) groups excluding carboxylic acids is 2. The van der Waals surface area contributed by atoms with Gasteiger partial charge < -0.3 is 10.3 Å². The molecule has 0 spiro atoms. The zero-order chi connectivity index (χ0) is 16.8. The first-order chi connectivity index (χ1) is 11.0. The lowest BCUT2D eigenvalue weighted by molar-refractivity contribution is -0.119. The number of thioether (sulfide) groups is 1. The number of aromatic nitrogens is 3. The third kappa shape index (κ3) is 4.56. The van der Waals surface area contributed by atoms with E-state index < -0.39 is 17.2 Å². The summed E-state index contributed by atoms with van der Waals surface area (Å²) < 4.78 is 1.96. The van der Waals surface area contributed by atoms with Crippen molar-refractivity contribution in [3.05, 3.63) is 41.7 Å². The maximum absolute atomic E-state index is 11.8. The summed E-state index contributed by atoms with van der Waals surface area (Å²) in [6, 6.07) is 9.13. The van der Waals surface area contributed by atoms with Crippen LogP contribution in [0.1, 0.15) is 25.2 Å². The van der Waals surface area contributed by atoms with Crippen molar-refractivity contribution in [2.75, 3.05) is 0 Å². The first-order valence-corrected chi connectivity index (χ1v) is 8.12. The van der Waals surface area contributed by atoms with Crippen molar-refractivity contribution in [3.8, 4) is 0 Å². The van der Waals surface area contributed by atoms with Gasteiger partial charge in [0.15, 0.2) is 5.16 Å². The maximum atomic E-state index is 11.8. The number of nitrogens with one attached hydrogen (secondary N) is 1. The van der Waals surface area contributed by atoms with E-state index in [1.807, 2.05) is 41.8 Å². The van der Waals surface area contributed by atoms with E-state index in [1.165, 1.54) is 11.8 Å². The molecule has 0 radical (unpaired) electrons. The van der Waals surface area contributed by atoms with E-state index in [2.05, 4.69) is 15.5 Å². The van der Waals surface area contributed by atoms with Gasteiger partial charge in [0.1, 0.15) is 5.82 Å². The van der Waals surface area contributed by atoms with Crippen LogP contribution in [0.4, 0.5) is 4.79 Å².